The molecule has 9 nitrogen and oxygen atoms in total. The van der Waals surface area contributed by atoms with Crippen molar-refractivity contribution in [2.75, 3.05) is 19.8 Å². The van der Waals surface area contributed by atoms with Crippen LogP contribution < -0.4 is 0 Å². The van der Waals surface area contributed by atoms with E-state index in [9.17, 15) is 14.4 Å². The molecule has 0 saturated heterocycles. The number of hydrogen-bond acceptors (Lipinski definition) is 9. The van der Waals surface area contributed by atoms with Crippen molar-refractivity contribution in [3.63, 3.8) is 0 Å². The van der Waals surface area contributed by atoms with E-state index in [2.05, 4.69) is 20.8 Å². The molecule has 12 saturated carbocycles. The molecule has 0 amide bonds. The van der Waals surface area contributed by atoms with E-state index >= 15 is 0 Å². The molecule has 12 fully saturated rings. The Bertz CT molecular complexity index is 1080. The van der Waals surface area contributed by atoms with E-state index < -0.39 is 61.0 Å². The van der Waals surface area contributed by atoms with Gasteiger partial charge in [-0.05, 0) is 188 Å². The largest absolute Gasteiger partial charge is 0.457 e. The zero-order valence-corrected chi connectivity index (χ0v) is 29.9. The van der Waals surface area contributed by atoms with Crippen LogP contribution in [-0.2, 0) is 42.8 Å². The van der Waals surface area contributed by atoms with Crippen LogP contribution in [0.3, 0.4) is 0 Å². The van der Waals surface area contributed by atoms with Crippen molar-refractivity contribution in [1.29, 1.82) is 0 Å². The highest BCUT2D eigenvalue weighted by Gasteiger charge is 2.59. The lowest BCUT2D eigenvalue weighted by Gasteiger charge is -2.59. The van der Waals surface area contributed by atoms with Gasteiger partial charge in [-0.15, -0.1) is 0 Å². The van der Waals surface area contributed by atoms with Crippen molar-refractivity contribution < 1.29 is 42.8 Å². The van der Waals surface area contributed by atoms with Gasteiger partial charge < -0.3 is 28.4 Å². The van der Waals surface area contributed by atoms with Gasteiger partial charge in [0, 0.05) is 0 Å². The van der Waals surface area contributed by atoms with Crippen LogP contribution in [-0.4, -0.2) is 61.0 Å². The Kier molecular flexibility index (Phi) is 8.24. The Balaban J connectivity index is 0.820. The van der Waals surface area contributed by atoms with Crippen LogP contribution in [0, 0.1) is 71.0 Å². The van der Waals surface area contributed by atoms with E-state index in [1.807, 2.05) is 0 Å². The van der Waals surface area contributed by atoms with Gasteiger partial charge in [0.2, 0.25) is 0 Å². The van der Waals surface area contributed by atoms with E-state index in [4.69, 9.17) is 28.4 Å². The predicted octanol–water partition coefficient (Wildman–Crippen LogP) is 6.59. The van der Waals surface area contributed by atoms with Crippen molar-refractivity contribution in [2.24, 2.45) is 71.0 Å². The van der Waals surface area contributed by atoms with E-state index in [-0.39, 0.29) is 0 Å². The summed E-state index contributed by atoms with van der Waals surface area (Å²) in [5, 5.41) is 0. The van der Waals surface area contributed by atoms with Crippen molar-refractivity contribution in [3.05, 3.63) is 0 Å². The first-order chi connectivity index (χ1) is 23.4. The first kappa shape index (κ1) is 33.1. The van der Waals surface area contributed by atoms with E-state index in [0.717, 1.165) is 113 Å². The van der Waals surface area contributed by atoms with Gasteiger partial charge in [0.1, 0.15) is 36.6 Å². The number of carbonyl (C=O) groups is 3. The Morgan fingerprint density at radius 1 is 0.408 bits per heavy atom. The monoisotopic (exact) mass is 682 g/mol. The number of carbonyl (C=O) groups excluding carboxylic acids is 3. The maximum atomic E-state index is 13.3. The molecule has 0 spiro atoms. The average molecular weight is 683 g/mol. The average Bonchev–Trinajstić information content (AvgIpc) is 3.04. The first-order valence-corrected chi connectivity index (χ1v) is 20.0. The standard InChI is InChI=1S/C40H58O9/c1-38(28-7-22-4-23(9-28)10-29(38)8-22)47-34(41)19-44-37(45-20-35(42)48-39(2)30-11-24-5-25(13-30)14-31(39)12-24)46-21-36(43)49-40(3)32-15-26-6-27(17-32)18-33(40)16-26/h22-33,37H,4-21H2,1-3H3. The van der Waals surface area contributed by atoms with Crippen molar-refractivity contribution in [2.45, 2.75) is 140 Å². The van der Waals surface area contributed by atoms with Gasteiger partial charge in [-0.25, -0.2) is 14.4 Å². The summed E-state index contributed by atoms with van der Waals surface area (Å²) in [7, 11) is 0. The minimum Gasteiger partial charge on any atom is -0.457 e. The quantitative estimate of drug-likeness (QED) is 0.128. The number of ether oxygens (including phenoxy) is 6. The zero-order valence-electron chi connectivity index (χ0n) is 29.9. The van der Waals surface area contributed by atoms with Crippen molar-refractivity contribution in [3.8, 4) is 0 Å². The molecule has 0 radical (unpaired) electrons. The summed E-state index contributed by atoms with van der Waals surface area (Å²) < 4.78 is 36.1. The minimum atomic E-state index is -1.42. The number of rotatable bonds is 12. The molecule has 9 heteroatoms. The summed E-state index contributed by atoms with van der Waals surface area (Å²) in [6.45, 7) is 3.69. The van der Waals surface area contributed by atoms with Crippen molar-refractivity contribution in [1.82, 2.24) is 0 Å². The fourth-order valence-corrected chi connectivity index (χ4v) is 14.2. The van der Waals surface area contributed by atoms with E-state index in [1.54, 1.807) is 0 Å². The smallest absolute Gasteiger partial charge is 0.332 e. The molecule has 12 rings (SSSR count). The highest BCUT2D eigenvalue weighted by molar-refractivity contribution is 5.72. The molecular formula is C40H58O9. The van der Waals surface area contributed by atoms with Crippen LogP contribution in [0.25, 0.3) is 0 Å². The Labute approximate surface area is 291 Å². The van der Waals surface area contributed by atoms with Gasteiger partial charge in [-0.2, -0.15) is 0 Å². The first-order valence-electron chi connectivity index (χ1n) is 20.0. The SMILES string of the molecule is CC1(OC(=O)COC(OCC(=O)OC2(C)C3CC4CC(C3)CC2C4)OCC(=O)OC2(C)C3CC4CC(C3)CC2C4)C2CC3CC(C2)CC1C3. The lowest BCUT2D eigenvalue weighted by molar-refractivity contribution is -0.293. The molecule has 0 aromatic carbocycles. The van der Waals surface area contributed by atoms with E-state index in [1.165, 1.54) is 19.3 Å². The Morgan fingerprint density at radius 3 is 0.816 bits per heavy atom. The summed E-state index contributed by atoms with van der Waals surface area (Å²) in [6, 6.07) is 0. The fraction of sp³-hybridized carbons (Fsp3) is 0.925. The molecule has 0 N–H and O–H groups in total. The lowest BCUT2D eigenvalue weighted by atomic mass is 9.50. The molecule has 12 bridgehead atoms. The molecule has 0 unspecified atom stereocenters. The van der Waals surface area contributed by atoms with Gasteiger partial charge in [0.15, 0.2) is 0 Å². The molecule has 272 valence electrons. The normalized spacial score (nSPS) is 50.0. The van der Waals surface area contributed by atoms with Crippen LogP contribution in [0.1, 0.15) is 117 Å². The highest BCUT2D eigenvalue weighted by atomic mass is 16.9. The lowest BCUT2D eigenvalue weighted by Crippen LogP contribution is -2.58. The third-order valence-electron chi connectivity index (χ3n) is 16.3. The van der Waals surface area contributed by atoms with Crippen LogP contribution in [0.4, 0.5) is 0 Å². The van der Waals surface area contributed by atoms with Crippen LogP contribution in [0.5, 0.6) is 0 Å². The zero-order chi connectivity index (χ0) is 33.7. The van der Waals surface area contributed by atoms with E-state index in [0.29, 0.717) is 35.5 Å². The molecule has 0 aromatic rings. The summed E-state index contributed by atoms with van der Waals surface area (Å²) >= 11 is 0. The summed E-state index contributed by atoms with van der Waals surface area (Å²) in [5.74, 6) is 5.48. The molecule has 49 heavy (non-hydrogen) atoms. The molecular weight excluding hydrogens is 624 g/mol. The second-order valence-corrected chi connectivity index (χ2v) is 19.1. The third-order valence-corrected chi connectivity index (χ3v) is 16.3. The molecule has 0 atom stereocenters. The minimum absolute atomic E-state index is 0.388. The summed E-state index contributed by atoms with van der Waals surface area (Å²) in [6.07, 6.45) is 17.5. The number of hydrogen-bond donors (Lipinski definition) is 0. The summed E-state index contributed by atoms with van der Waals surface area (Å²) in [5.41, 5.74) is -1.46. The van der Waals surface area contributed by atoms with Gasteiger partial charge in [0.05, 0.1) is 0 Å². The molecule has 0 heterocycles. The maximum absolute atomic E-state index is 13.3. The number of esters is 3. The highest BCUT2D eigenvalue weighted by Crippen LogP contribution is 2.61. The predicted molar refractivity (Wildman–Crippen MR) is 176 cm³/mol. The Hall–Kier alpha value is -1.71. The van der Waals surface area contributed by atoms with Gasteiger partial charge in [-0.3, -0.25) is 0 Å². The van der Waals surface area contributed by atoms with Gasteiger partial charge >= 0.3 is 17.9 Å². The molecule has 12 aliphatic carbocycles. The second-order valence-electron chi connectivity index (χ2n) is 19.1. The Morgan fingerprint density at radius 2 is 0.612 bits per heavy atom. The van der Waals surface area contributed by atoms with Gasteiger partial charge in [0.25, 0.3) is 6.48 Å². The van der Waals surface area contributed by atoms with Crippen LogP contribution in [0.15, 0.2) is 0 Å². The summed E-state index contributed by atoms with van der Waals surface area (Å²) in [4.78, 5) is 39.8. The van der Waals surface area contributed by atoms with Gasteiger partial charge in [-0.1, -0.05) is 0 Å². The third kappa shape index (κ3) is 5.88. The topological polar surface area (TPSA) is 107 Å². The molecule has 12 aliphatic rings. The van der Waals surface area contributed by atoms with Crippen molar-refractivity contribution >= 4 is 17.9 Å². The van der Waals surface area contributed by atoms with Crippen LogP contribution >= 0.6 is 0 Å². The molecule has 0 aromatic heterocycles. The molecule has 0 aliphatic heterocycles. The van der Waals surface area contributed by atoms with Crippen LogP contribution in [0.2, 0.25) is 0 Å². The second kappa shape index (κ2) is 12.2. The fourth-order valence-electron chi connectivity index (χ4n) is 14.2. The maximum Gasteiger partial charge on any atom is 0.332 e.